The van der Waals surface area contributed by atoms with Crippen LogP contribution in [0.2, 0.25) is 0 Å². The molecule has 5 heteroatoms. The second-order valence-electron chi connectivity index (χ2n) is 2.91. The van der Waals surface area contributed by atoms with E-state index in [2.05, 4.69) is 4.74 Å². The van der Waals surface area contributed by atoms with E-state index in [4.69, 9.17) is 9.47 Å². The van der Waals surface area contributed by atoms with Crippen molar-refractivity contribution in [2.45, 2.75) is 0 Å². The Morgan fingerprint density at radius 1 is 1.19 bits per heavy atom. The highest BCUT2D eigenvalue weighted by Crippen LogP contribution is 2.28. The second kappa shape index (κ2) is 5.16. The van der Waals surface area contributed by atoms with E-state index in [0.717, 1.165) is 0 Å². The monoisotopic (exact) mass is 224 g/mol. The van der Waals surface area contributed by atoms with E-state index in [1.54, 1.807) is 0 Å². The molecule has 0 spiro atoms. The van der Waals surface area contributed by atoms with Crippen LogP contribution in [-0.2, 0) is 4.74 Å². The Balaban J connectivity index is 3.42. The van der Waals surface area contributed by atoms with Crippen LogP contribution in [0.25, 0.3) is 0 Å². The van der Waals surface area contributed by atoms with Gasteiger partial charge in [0, 0.05) is 0 Å². The van der Waals surface area contributed by atoms with Crippen LogP contribution in [0.5, 0.6) is 11.5 Å². The van der Waals surface area contributed by atoms with Crippen LogP contribution < -0.4 is 9.47 Å². The number of methoxy groups -OCH3 is 3. The highest BCUT2D eigenvalue weighted by molar-refractivity contribution is 5.97. The van der Waals surface area contributed by atoms with Crippen LogP contribution in [0.3, 0.4) is 0 Å². The number of aldehydes is 1. The highest BCUT2D eigenvalue weighted by atomic mass is 16.5. The molecule has 1 aromatic carbocycles. The molecule has 0 atom stereocenters. The predicted octanol–water partition coefficient (Wildman–Crippen LogP) is 1.30. The molecule has 5 nitrogen and oxygen atoms in total. The van der Waals surface area contributed by atoms with E-state index in [9.17, 15) is 9.59 Å². The van der Waals surface area contributed by atoms with Crippen molar-refractivity contribution in [2.24, 2.45) is 0 Å². The Morgan fingerprint density at radius 3 is 2.31 bits per heavy atom. The van der Waals surface area contributed by atoms with Gasteiger partial charge in [-0.15, -0.1) is 0 Å². The molecule has 86 valence electrons. The molecule has 0 unspecified atom stereocenters. The number of esters is 1. The summed E-state index contributed by atoms with van der Waals surface area (Å²) in [6.07, 6.45) is 0.591. The lowest BCUT2D eigenvalue weighted by molar-refractivity contribution is 0.0596. The van der Waals surface area contributed by atoms with Crippen molar-refractivity contribution in [3.63, 3.8) is 0 Å². The van der Waals surface area contributed by atoms with Crippen molar-refractivity contribution in [3.8, 4) is 11.5 Å². The number of benzene rings is 1. The highest BCUT2D eigenvalue weighted by Gasteiger charge is 2.18. The molecule has 0 saturated carbocycles. The molecule has 0 fully saturated rings. The first-order valence-corrected chi connectivity index (χ1v) is 4.47. The van der Waals surface area contributed by atoms with Gasteiger partial charge in [-0.2, -0.15) is 0 Å². The Morgan fingerprint density at radius 2 is 1.88 bits per heavy atom. The van der Waals surface area contributed by atoms with Crippen molar-refractivity contribution in [1.82, 2.24) is 0 Å². The first kappa shape index (κ1) is 12.0. The lowest BCUT2D eigenvalue weighted by atomic mass is 10.1. The Bertz CT molecular complexity index is 411. The number of hydrogen-bond donors (Lipinski definition) is 0. The molecule has 0 amide bonds. The minimum Gasteiger partial charge on any atom is -0.497 e. The number of carbonyl (C=O) groups is 2. The van der Waals surface area contributed by atoms with Gasteiger partial charge in [0.15, 0.2) is 6.29 Å². The minimum absolute atomic E-state index is 0.159. The summed E-state index contributed by atoms with van der Waals surface area (Å²) >= 11 is 0. The maximum atomic E-state index is 11.5. The molecule has 0 aliphatic heterocycles. The van der Waals surface area contributed by atoms with Crippen LogP contribution in [0, 0.1) is 0 Å². The summed E-state index contributed by atoms with van der Waals surface area (Å²) in [6, 6.07) is 2.94. The molecule has 0 aliphatic carbocycles. The average Bonchev–Trinajstić information content (AvgIpc) is 2.35. The zero-order chi connectivity index (χ0) is 12.1. The topological polar surface area (TPSA) is 61.8 Å². The minimum atomic E-state index is -0.584. The third kappa shape index (κ3) is 2.13. The third-order valence-corrected chi connectivity index (χ3v) is 2.06. The molecular weight excluding hydrogens is 212 g/mol. The van der Waals surface area contributed by atoms with E-state index in [1.807, 2.05) is 0 Å². The molecule has 16 heavy (non-hydrogen) atoms. The Kier molecular flexibility index (Phi) is 3.88. The maximum absolute atomic E-state index is 11.5. The van der Waals surface area contributed by atoms with E-state index in [0.29, 0.717) is 12.0 Å². The fraction of sp³-hybridized carbons (Fsp3) is 0.273. The molecule has 0 heterocycles. The first-order chi connectivity index (χ1) is 7.67. The van der Waals surface area contributed by atoms with Crippen LogP contribution in [0.15, 0.2) is 12.1 Å². The quantitative estimate of drug-likeness (QED) is 0.570. The van der Waals surface area contributed by atoms with E-state index in [1.165, 1.54) is 33.5 Å². The fourth-order valence-electron chi connectivity index (χ4n) is 1.32. The van der Waals surface area contributed by atoms with Gasteiger partial charge in [0.1, 0.15) is 17.1 Å². The van der Waals surface area contributed by atoms with Gasteiger partial charge in [-0.05, 0) is 12.1 Å². The molecular formula is C11H12O5. The smallest absolute Gasteiger partial charge is 0.341 e. The van der Waals surface area contributed by atoms with E-state index >= 15 is 0 Å². The largest absolute Gasteiger partial charge is 0.497 e. The average molecular weight is 224 g/mol. The number of carbonyl (C=O) groups excluding carboxylic acids is 2. The van der Waals surface area contributed by atoms with Gasteiger partial charge in [0.05, 0.1) is 26.9 Å². The molecule has 1 aromatic rings. The van der Waals surface area contributed by atoms with Gasteiger partial charge in [-0.3, -0.25) is 4.79 Å². The zero-order valence-corrected chi connectivity index (χ0v) is 9.27. The standard InChI is InChI=1S/C11H12O5/c1-14-8-4-7(6-12)10(15-2)9(5-8)11(13)16-3/h4-6H,1-3H3. The van der Waals surface area contributed by atoms with Gasteiger partial charge in [-0.1, -0.05) is 0 Å². The van der Waals surface area contributed by atoms with Gasteiger partial charge >= 0.3 is 5.97 Å². The number of rotatable bonds is 4. The molecule has 0 aliphatic rings. The van der Waals surface area contributed by atoms with Crippen molar-refractivity contribution < 1.29 is 23.8 Å². The van der Waals surface area contributed by atoms with Crippen LogP contribution in [0.4, 0.5) is 0 Å². The lowest BCUT2D eigenvalue weighted by Gasteiger charge is -2.11. The molecule has 0 radical (unpaired) electrons. The van der Waals surface area contributed by atoms with Crippen LogP contribution in [0.1, 0.15) is 20.7 Å². The summed E-state index contributed by atoms with van der Waals surface area (Å²) < 4.78 is 14.6. The summed E-state index contributed by atoms with van der Waals surface area (Å²) in [7, 11) is 4.07. The van der Waals surface area contributed by atoms with E-state index < -0.39 is 5.97 Å². The molecule has 0 N–H and O–H groups in total. The van der Waals surface area contributed by atoms with Crippen LogP contribution >= 0.6 is 0 Å². The van der Waals surface area contributed by atoms with Gasteiger partial charge < -0.3 is 14.2 Å². The molecule has 0 bridgehead atoms. The van der Waals surface area contributed by atoms with Crippen molar-refractivity contribution in [1.29, 1.82) is 0 Å². The molecule has 0 saturated heterocycles. The summed E-state index contributed by atoms with van der Waals surface area (Å²) in [5.41, 5.74) is 0.397. The SMILES string of the molecule is COC(=O)c1cc(OC)cc(C=O)c1OC. The first-order valence-electron chi connectivity index (χ1n) is 4.47. The normalized spacial score (nSPS) is 9.44. The summed E-state index contributed by atoms with van der Waals surface area (Å²) in [6.45, 7) is 0. The predicted molar refractivity (Wildman–Crippen MR) is 56.3 cm³/mol. The third-order valence-electron chi connectivity index (χ3n) is 2.06. The summed E-state index contributed by atoms with van der Waals surface area (Å²) in [4.78, 5) is 22.3. The Hall–Kier alpha value is -2.04. The van der Waals surface area contributed by atoms with Crippen molar-refractivity contribution in [2.75, 3.05) is 21.3 Å². The van der Waals surface area contributed by atoms with Gasteiger partial charge in [-0.25, -0.2) is 4.79 Å². The number of ether oxygens (including phenoxy) is 3. The van der Waals surface area contributed by atoms with Gasteiger partial charge in [0.2, 0.25) is 0 Å². The molecule has 1 rings (SSSR count). The summed E-state index contributed by atoms with van der Waals surface area (Å²) in [5.74, 6) is -0.00944. The summed E-state index contributed by atoms with van der Waals surface area (Å²) in [5, 5.41) is 0. The second-order valence-corrected chi connectivity index (χ2v) is 2.91. The zero-order valence-electron chi connectivity index (χ0n) is 9.27. The Labute approximate surface area is 92.9 Å². The fourth-order valence-corrected chi connectivity index (χ4v) is 1.32. The lowest BCUT2D eigenvalue weighted by Crippen LogP contribution is -2.06. The van der Waals surface area contributed by atoms with Crippen molar-refractivity contribution in [3.05, 3.63) is 23.3 Å². The number of hydrogen-bond acceptors (Lipinski definition) is 5. The van der Waals surface area contributed by atoms with E-state index in [-0.39, 0.29) is 16.9 Å². The maximum Gasteiger partial charge on any atom is 0.341 e. The van der Waals surface area contributed by atoms with Crippen LogP contribution in [-0.4, -0.2) is 33.6 Å². The van der Waals surface area contributed by atoms with Crippen molar-refractivity contribution >= 4 is 12.3 Å². The molecule has 0 aromatic heterocycles. The van der Waals surface area contributed by atoms with Gasteiger partial charge in [0.25, 0.3) is 0 Å².